The van der Waals surface area contributed by atoms with Crippen LogP contribution in [-0.2, 0) is 6.18 Å². The van der Waals surface area contributed by atoms with Crippen LogP contribution < -0.4 is 5.32 Å². The molecule has 106 valence electrons. The van der Waals surface area contributed by atoms with Gasteiger partial charge in [-0.1, -0.05) is 0 Å². The third-order valence-electron chi connectivity index (χ3n) is 2.33. The number of benzene rings is 1. The van der Waals surface area contributed by atoms with Crippen molar-refractivity contribution in [1.29, 1.82) is 0 Å². The van der Waals surface area contributed by atoms with Crippen LogP contribution in [0.25, 0.3) is 0 Å². The molecule has 1 atom stereocenters. The summed E-state index contributed by atoms with van der Waals surface area (Å²) in [4.78, 5) is 11.7. The Morgan fingerprint density at radius 2 is 2.05 bits per heavy atom. The summed E-state index contributed by atoms with van der Waals surface area (Å²) in [6.45, 7) is 1.78. The average Bonchev–Trinajstić information content (AvgIpc) is 2.26. The number of aliphatic hydroxyl groups is 1. The molecule has 0 bridgehead atoms. The Bertz CT molecular complexity index is 461. The second-order valence-electron chi connectivity index (χ2n) is 4.12. The van der Waals surface area contributed by atoms with Gasteiger partial charge in [-0.25, -0.2) is 0 Å². The van der Waals surface area contributed by atoms with Crippen LogP contribution in [0.2, 0.25) is 0 Å². The highest BCUT2D eigenvalue weighted by Crippen LogP contribution is 2.31. The Hall–Kier alpha value is -0.830. The Labute approximate surface area is 122 Å². The van der Waals surface area contributed by atoms with Crippen molar-refractivity contribution in [3.05, 3.63) is 32.9 Å². The lowest BCUT2D eigenvalue weighted by molar-refractivity contribution is -0.137. The smallest absolute Gasteiger partial charge is 0.393 e. The van der Waals surface area contributed by atoms with Crippen LogP contribution in [0, 0.1) is 3.57 Å². The van der Waals surface area contributed by atoms with Gasteiger partial charge in [0.2, 0.25) is 0 Å². The third kappa shape index (κ3) is 5.35. The number of alkyl halides is 3. The van der Waals surface area contributed by atoms with Gasteiger partial charge in [0.1, 0.15) is 0 Å². The number of carbonyl (C=O) groups is 1. The van der Waals surface area contributed by atoms with Crippen molar-refractivity contribution in [2.24, 2.45) is 0 Å². The lowest BCUT2D eigenvalue weighted by Crippen LogP contribution is -2.27. The van der Waals surface area contributed by atoms with Crippen LogP contribution >= 0.6 is 22.6 Å². The minimum atomic E-state index is -4.48. The van der Waals surface area contributed by atoms with Crippen LogP contribution in [0.3, 0.4) is 0 Å². The number of halogens is 4. The largest absolute Gasteiger partial charge is 0.416 e. The first-order valence-electron chi connectivity index (χ1n) is 5.54. The molecule has 19 heavy (non-hydrogen) atoms. The van der Waals surface area contributed by atoms with E-state index in [1.54, 1.807) is 29.5 Å². The van der Waals surface area contributed by atoms with E-state index in [9.17, 15) is 18.0 Å². The molecule has 3 nitrogen and oxygen atoms in total. The molecule has 7 heteroatoms. The second kappa shape index (κ2) is 6.56. The monoisotopic (exact) mass is 387 g/mol. The molecular weight excluding hydrogens is 374 g/mol. The Kier molecular flexibility index (Phi) is 5.60. The maximum absolute atomic E-state index is 12.6. The lowest BCUT2D eigenvalue weighted by Gasteiger charge is -2.11. The lowest BCUT2D eigenvalue weighted by atomic mass is 10.1. The fourth-order valence-electron chi connectivity index (χ4n) is 1.38. The highest BCUT2D eigenvalue weighted by molar-refractivity contribution is 14.1. The molecule has 1 rings (SSSR count). The molecule has 1 aromatic rings. The maximum Gasteiger partial charge on any atom is 0.416 e. The van der Waals surface area contributed by atoms with E-state index < -0.39 is 23.8 Å². The molecule has 0 radical (unpaired) electrons. The van der Waals surface area contributed by atoms with Crippen LogP contribution in [0.5, 0.6) is 0 Å². The molecule has 0 heterocycles. The normalized spacial score (nSPS) is 13.2. The molecule has 0 aliphatic heterocycles. The SMILES string of the molecule is C[C@H](O)CCNC(=O)c1cc(I)cc(C(F)(F)F)c1. The summed E-state index contributed by atoms with van der Waals surface area (Å²) in [5.41, 5.74) is -0.884. The molecule has 2 N–H and O–H groups in total. The second-order valence-corrected chi connectivity index (χ2v) is 5.37. The first-order chi connectivity index (χ1) is 8.70. The highest BCUT2D eigenvalue weighted by atomic mass is 127. The fraction of sp³-hybridized carbons (Fsp3) is 0.417. The molecule has 0 unspecified atom stereocenters. The number of aliphatic hydroxyl groups excluding tert-OH is 1. The molecule has 0 fully saturated rings. The quantitative estimate of drug-likeness (QED) is 0.781. The highest BCUT2D eigenvalue weighted by Gasteiger charge is 2.31. The zero-order valence-corrected chi connectivity index (χ0v) is 12.2. The summed E-state index contributed by atoms with van der Waals surface area (Å²) in [7, 11) is 0. The van der Waals surface area contributed by atoms with Gasteiger partial charge in [0.15, 0.2) is 0 Å². The van der Waals surface area contributed by atoms with E-state index in [0.717, 1.165) is 12.1 Å². The molecular formula is C12H13F3INO2. The van der Waals surface area contributed by atoms with E-state index in [0.29, 0.717) is 9.99 Å². The number of carbonyl (C=O) groups excluding carboxylic acids is 1. The first-order valence-corrected chi connectivity index (χ1v) is 6.62. The summed E-state index contributed by atoms with van der Waals surface area (Å²) in [6.07, 6.45) is -4.70. The number of nitrogens with one attached hydrogen (secondary N) is 1. The van der Waals surface area contributed by atoms with E-state index in [1.807, 2.05) is 0 Å². The zero-order valence-electron chi connectivity index (χ0n) is 10.1. The molecule has 0 spiro atoms. The minimum absolute atomic E-state index is 0.0372. The van der Waals surface area contributed by atoms with Gasteiger partial charge in [-0.15, -0.1) is 0 Å². The van der Waals surface area contributed by atoms with Crippen molar-refractivity contribution in [3.8, 4) is 0 Å². The number of amides is 1. The molecule has 0 aromatic heterocycles. The third-order valence-corrected chi connectivity index (χ3v) is 2.96. The van der Waals surface area contributed by atoms with Crippen molar-refractivity contribution in [1.82, 2.24) is 5.32 Å². The summed E-state index contributed by atoms with van der Waals surface area (Å²) < 4.78 is 38.1. The van der Waals surface area contributed by atoms with Gasteiger partial charge >= 0.3 is 6.18 Å². The van der Waals surface area contributed by atoms with E-state index in [4.69, 9.17) is 5.11 Å². The standard InChI is InChI=1S/C12H13F3INO2/c1-7(18)2-3-17-11(19)8-4-9(12(13,14)15)6-10(16)5-8/h4-7,18H,2-3H2,1H3,(H,17,19)/t7-/m0/s1. The van der Waals surface area contributed by atoms with Crippen LogP contribution in [0.4, 0.5) is 13.2 Å². The van der Waals surface area contributed by atoms with Crippen LogP contribution in [0.15, 0.2) is 18.2 Å². The van der Waals surface area contributed by atoms with E-state index in [2.05, 4.69) is 5.32 Å². The van der Waals surface area contributed by atoms with Crippen molar-refractivity contribution in [2.75, 3.05) is 6.54 Å². The molecule has 1 amide bonds. The van der Waals surface area contributed by atoms with Gasteiger partial charge in [-0.05, 0) is 54.1 Å². The minimum Gasteiger partial charge on any atom is -0.393 e. The predicted molar refractivity (Wildman–Crippen MR) is 72.8 cm³/mol. The Morgan fingerprint density at radius 3 is 2.58 bits per heavy atom. The van der Waals surface area contributed by atoms with Gasteiger partial charge in [0.05, 0.1) is 11.7 Å². The number of rotatable bonds is 4. The fourth-order valence-corrected chi connectivity index (χ4v) is 2.05. The zero-order chi connectivity index (χ0) is 14.6. The molecule has 1 aromatic carbocycles. The van der Waals surface area contributed by atoms with E-state index in [-0.39, 0.29) is 12.1 Å². The summed E-state index contributed by atoms with van der Waals surface area (Å²) in [5, 5.41) is 11.5. The molecule has 0 saturated carbocycles. The molecule has 0 aliphatic rings. The van der Waals surface area contributed by atoms with Crippen LogP contribution in [0.1, 0.15) is 29.3 Å². The van der Waals surface area contributed by atoms with Gasteiger partial charge in [0, 0.05) is 15.7 Å². The Balaban J connectivity index is 2.83. The molecule has 0 saturated heterocycles. The predicted octanol–water partition coefficient (Wildman–Crippen LogP) is 2.81. The van der Waals surface area contributed by atoms with Crippen molar-refractivity contribution >= 4 is 28.5 Å². The van der Waals surface area contributed by atoms with Gasteiger partial charge in [0.25, 0.3) is 5.91 Å². The van der Waals surface area contributed by atoms with Gasteiger partial charge < -0.3 is 10.4 Å². The molecule has 0 aliphatic carbocycles. The first kappa shape index (κ1) is 16.2. The van der Waals surface area contributed by atoms with Crippen LogP contribution in [-0.4, -0.2) is 23.7 Å². The summed E-state index contributed by atoms with van der Waals surface area (Å²) >= 11 is 1.73. The van der Waals surface area contributed by atoms with E-state index >= 15 is 0 Å². The van der Waals surface area contributed by atoms with Crippen molar-refractivity contribution in [3.63, 3.8) is 0 Å². The van der Waals surface area contributed by atoms with Crippen molar-refractivity contribution < 1.29 is 23.1 Å². The number of hydrogen-bond donors (Lipinski definition) is 2. The average molecular weight is 387 g/mol. The van der Waals surface area contributed by atoms with Crippen molar-refractivity contribution in [2.45, 2.75) is 25.6 Å². The summed E-state index contributed by atoms with van der Waals surface area (Å²) in [5.74, 6) is -0.579. The maximum atomic E-state index is 12.6. The van der Waals surface area contributed by atoms with Gasteiger partial charge in [-0.3, -0.25) is 4.79 Å². The van der Waals surface area contributed by atoms with Gasteiger partial charge in [-0.2, -0.15) is 13.2 Å². The topological polar surface area (TPSA) is 49.3 Å². The Morgan fingerprint density at radius 1 is 1.42 bits per heavy atom. The van der Waals surface area contributed by atoms with E-state index in [1.165, 1.54) is 6.07 Å². The summed E-state index contributed by atoms with van der Waals surface area (Å²) in [6, 6.07) is 3.18. The number of hydrogen-bond acceptors (Lipinski definition) is 2.